The van der Waals surface area contributed by atoms with E-state index in [1.165, 1.54) is 96.3 Å². The van der Waals surface area contributed by atoms with Crippen molar-refractivity contribution >= 4 is 0 Å². The molecule has 0 amide bonds. The number of unbranched alkanes of at least 4 members (excludes halogenated alkanes) is 12. The lowest BCUT2D eigenvalue weighted by Gasteiger charge is -2.11. The van der Waals surface area contributed by atoms with Crippen LogP contribution < -0.4 is 0 Å². The first kappa shape index (κ1) is 20.5. The Labute approximate surface area is 157 Å². The number of benzene rings is 1. The molecule has 25 heavy (non-hydrogen) atoms. The number of hydrogen-bond donors (Lipinski definition) is 0. The summed E-state index contributed by atoms with van der Waals surface area (Å²) in [6.45, 7) is 4.77. The fourth-order valence-corrected chi connectivity index (χ4v) is 4.45. The molecule has 142 valence electrons. The van der Waals surface area contributed by atoms with Gasteiger partial charge in [0.25, 0.3) is 0 Å². The van der Waals surface area contributed by atoms with E-state index >= 15 is 0 Å². The van der Waals surface area contributed by atoms with Gasteiger partial charge in [0.05, 0.1) is 0 Å². The van der Waals surface area contributed by atoms with Crippen LogP contribution in [0.15, 0.2) is 30.3 Å². The second-order valence-electron chi connectivity index (χ2n) is 8.72. The Hall–Kier alpha value is -0.780. The van der Waals surface area contributed by atoms with E-state index in [0.717, 1.165) is 5.92 Å². The molecule has 0 heterocycles. The minimum atomic E-state index is 0.498. The third kappa shape index (κ3) is 7.55. The van der Waals surface area contributed by atoms with Gasteiger partial charge in [0.15, 0.2) is 0 Å². The quantitative estimate of drug-likeness (QED) is 0.280. The third-order valence-electron chi connectivity index (χ3n) is 6.50. The molecule has 0 aromatic heterocycles. The summed E-state index contributed by atoms with van der Waals surface area (Å²) in [7, 11) is 0. The lowest BCUT2D eigenvalue weighted by atomic mass is 9.93. The van der Waals surface area contributed by atoms with Crippen molar-refractivity contribution in [1.82, 2.24) is 0 Å². The average molecular weight is 343 g/mol. The molecule has 1 aromatic carbocycles. The molecule has 0 spiro atoms. The van der Waals surface area contributed by atoms with Crippen molar-refractivity contribution in [2.75, 3.05) is 0 Å². The van der Waals surface area contributed by atoms with Crippen LogP contribution in [0.2, 0.25) is 0 Å². The summed E-state index contributed by atoms with van der Waals surface area (Å²) < 4.78 is 0. The lowest BCUT2D eigenvalue weighted by Crippen LogP contribution is -2.03. The summed E-state index contributed by atoms with van der Waals surface area (Å²) in [5, 5.41) is 0. The lowest BCUT2D eigenvalue weighted by molar-refractivity contribution is 0.518. The summed E-state index contributed by atoms with van der Waals surface area (Å²) in [5.74, 6) is 0.947. The Balaban J connectivity index is 1.37. The highest BCUT2D eigenvalue weighted by Gasteiger charge is 2.49. The van der Waals surface area contributed by atoms with E-state index in [4.69, 9.17) is 0 Å². The first-order chi connectivity index (χ1) is 12.3. The predicted molar refractivity (Wildman–Crippen MR) is 112 cm³/mol. The van der Waals surface area contributed by atoms with Gasteiger partial charge in [-0.3, -0.25) is 0 Å². The van der Waals surface area contributed by atoms with Crippen LogP contribution >= 0.6 is 0 Å². The first-order valence-electron chi connectivity index (χ1n) is 11.3. The summed E-state index contributed by atoms with van der Waals surface area (Å²) in [5.41, 5.74) is 2.06. The maximum absolute atomic E-state index is 2.47. The van der Waals surface area contributed by atoms with Gasteiger partial charge in [-0.1, -0.05) is 128 Å². The molecular weight excluding hydrogens is 300 g/mol. The van der Waals surface area contributed by atoms with Gasteiger partial charge in [-0.2, -0.15) is 0 Å². The van der Waals surface area contributed by atoms with Crippen molar-refractivity contribution in [1.29, 1.82) is 0 Å². The largest absolute Gasteiger partial charge is 0.0654 e. The van der Waals surface area contributed by atoms with Crippen molar-refractivity contribution < 1.29 is 0 Å². The highest BCUT2D eigenvalue weighted by molar-refractivity contribution is 5.32. The maximum atomic E-state index is 2.47. The topological polar surface area (TPSA) is 0 Å². The smallest absolute Gasteiger partial charge is 0.00438 e. The van der Waals surface area contributed by atoms with Gasteiger partial charge in [0.1, 0.15) is 0 Å². The van der Waals surface area contributed by atoms with E-state index in [9.17, 15) is 0 Å². The van der Waals surface area contributed by atoms with Crippen LogP contribution in [0, 0.1) is 5.92 Å². The highest BCUT2D eigenvalue weighted by atomic mass is 14.5. The van der Waals surface area contributed by atoms with Gasteiger partial charge < -0.3 is 0 Å². The SMILES string of the molecule is CCCCCCCCCCCCCCC[C@@H]1C[C@@]1(C)c1ccccc1. The van der Waals surface area contributed by atoms with Crippen LogP contribution in [0.25, 0.3) is 0 Å². The average Bonchev–Trinajstić information content (AvgIpc) is 3.31. The molecule has 1 aliphatic carbocycles. The van der Waals surface area contributed by atoms with Crippen molar-refractivity contribution in [2.45, 2.75) is 116 Å². The molecule has 2 atom stereocenters. The van der Waals surface area contributed by atoms with Gasteiger partial charge >= 0.3 is 0 Å². The second-order valence-corrected chi connectivity index (χ2v) is 8.72. The van der Waals surface area contributed by atoms with Crippen molar-refractivity contribution in [3.05, 3.63) is 35.9 Å². The van der Waals surface area contributed by atoms with Crippen LogP contribution in [0.4, 0.5) is 0 Å². The molecule has 0 radical (unpaired) electrons. The molecular formula is C25H42. The van der Waals surface area contributed by atoms with Crippen molar-refractivity contribution in [2.24, 2.45) is 5.92 Å². The van der Waals surface area contributed by atoms with Gasteiger partial charge in [-0.25, -0.2) is 0 Å². The molecule has 1 saturated carbocycles. The molecule has 0 heteroatoms. The Bertz CT molecular complexity index is 435. The van der Waals surface area contributed by atoms with Gasteiger partial charge in [0, 0.05) is 0 Å². The van der Waals surface area contributed by atoms with Crippen LogP contribution in [0.1, 0.15) is 116 Å². The minimum Gasteiger partial charge on any atom is -0.0654 e. The fraction of sp³-hybridized carbons (Fsp3) is 0.760. The molecule has 0 saturated heterocycles. The van der Waals surface area contributed by atoms with E-state index in [1.807, 2.05) is 0 Å². The Morgan fingerprint density at radius 3 is 1.72 bits per heavy atom. The molecule has 0 bridgehead atoms. The molecule has 1 fully saturated rings. The van der Waals surface area contributed by atoms with Crippen LogP contribution in [-0.2, 0) is 5.41 Å². The normalized spacial score (nSPS) is 22.2. The van der Waals surface area contributed by atoms with E-state index in [0.29, 0.717) is 5.41 Å². The van der Waals surface area contributed by atoms with Gasteiger partial charge in [0.2, 0.25) is 0 Å². The van der Waals surface area contributed by atoms with E-state index in [1.54, 1.807) is 5.56 Å². The van der Waals surface area contributed by atoms with Crippen molar-refractivity contribution in [3.8, 4) is 0 Å². The fourth-order valence-electron chi connectivity index (χ4n) is 4.45. The monoisotopic (exact) mass is 342 g/mol. The van der Waals surface area contributed by atoms with Gasteiger partial charge in [-0.15, -0.1) is 0 Å². The Morgan fingerprint density at radius 1 is 0.720 bits per heavy atom. The zero-order chi connectivity index (χ0) is 17.8. The molecule has 0 nitrogen and oxygen atoms in total. The standard InChI is InChI=1S/C25H42/c1-3-4-5-6-7-8-9-10-11-12-13-14-16-21-24-22-25(24,2)23-19-17-15-18-20-23/h15,17-20,24H,3-14,16,21-22H2,1-2H3/t24-,25+/m1/s1. The van der Waals surface area contributed by atoms with E-state index in [2.05, 4.69) is 44.2 Å². The highest BCUT2D eigenvalue weighted by Crippen LogP contribution is 2.56. The minimum absolute atomic E-state index is 0.498. The van der Waals surface area contributed by atoms with Crippen molar-refractivity contribution in [3.63, 3.8) is 0 Å². The second kappa shape index (κ2) is 11.8. The molecule has 0 aliphatic heterocycles. The Morgan fingerprint density at radius 2 is 1.20 bits per heavy atom. The van der Waals surface area contributed by atoms with E-state index < -0.39 is 0 Å². The third-order valence-corrected chi connectivity index (χ3v) is 6.50. The van der Waals surface area contributed by atoms with Gasteiger partial charge in [-0.05, 0) is 29.7 Å². The summed E-state index contributed by atoms with van der Waals surface area (Å²) in [6.07, 6.45) is 21.8. The van der Waals surface area contributed by atoms with Crippen LogP contribution in [0.3, 0.4) is 0 Å². The molecule has 0 unspecified atom stereocenters. The Kier molecular flexibility index (Phi) is 9.66. The summed E-state index contributed by atoms with van der Waals surface area (Å²) in [4.78, 5) is 0. The zero-order valence-corrected chi connectivity index (χ0v) is 17.1. The first-order valence-corrected chi connectivity index (χ1v) is 11.3. The molecule has 1 aromatic rings. The maximum Gasteiger partial charge on any atom is -0.00438 e. The zero-order valence-electron chi connectivity index (χ0n) is 17.1. The van der Waals surface area contributed by atoms with Crippen LogP contribution in [0.5, 0.6) is 0 Å². The molecule has 2 rings (SSSR count). The predicted octanol–water partition coefficient (Wildman–Crippen LogP) is 8.45. The molecule has 1 aliphatic rings. The molecule has 0 N–H and O–H groups in total. The van der Waals surface area contributed by atoms with E-state index in [-0.39, 0.29) is 0 Å². The number of rotatable bonds is 15. The summed E-state index contributed by atoms with van der Waals surface area (Å²) in [6, 6.07) is 11.2. The summed E-state index contributed by atoms with van der Waals surface area (Å²) >= 11 is 0. The number of hydrogen-bond acceptors (Lipinski definition) is 0. The van der Waals surface area contributed by atoms with Crippen LogP contribution in [-0.4, -0.2) is 0 Å².